The summed E-state index contributed by atoms with van der Waals surface area (Å²) >= 11 is 1.27. The van der Waals surface area contributed by atoms with Gasteiger partial charge in [-0.3, -0.25) is 14.5 Å². The van der Waals surface area contributed by atoms with Gasteiger partial charge in [0.15, 0.2) is 18.9 Å². The summed E-state index contributed by atoms with van der Waals surface area (Å²) in [4.78, 5) is 51.4. The zero-order valence-corrected chi connectivity index (χ0v) is 34.2. The number of nitrogens with one attached hydrogen (secondary N) is 1. The topological polar surface area (TPSA) is 165 Å². The molecule has 1 aliphatic rings. The number of thioether (sulfide) groups is 1. The lowest BCUT2D eigenvalue weighted by Gasteiger charge is -2.38. The SMILES string of the molecule is CC(C)CC(COCCOCCOC(=O)NCCSC1CC(=O)N(CCOC(=O)c2cccc(C[n+]3cccc(B(O)O)c3)c2)C1=O)(CC(C)C)CC(C)C. The lowest BCUT2D eigenvalue weighted by atomic mass is 9.70. The van der Waals surface area contributed by atoms with Crippen LogP contribution >= 0.6 is 11.8 Å². The predicted molar refractivity (Wildman–Crippen MR) is 212 cm³/mol. The van der Waals surface area contributed by atoms with Crippen LogP contribution in [0.25, 0.3) is 0 Å². The Morgan fingerprint density at radius 3 is 2.27 bits per heavy atom. The molecule has 304 valence electrons. The number of aromatic nitrogens is 1. The van der Waals surface area contributed by atoms with Crippen molar-refractivity contribution in [3.8, 4) is 0 Å². The van der Waals surface area contributed by atoms with Crippen LogP contribution < -0.4 is 15.3 Å². The lowest BCUT2D eigenvalue weighted by molar-refractivity contribution is -0.687. The van der Waals surface area contributed by atoms with Crippen molar-refractivity contribution in [2.24, 2.45) is 23.2 Å². The molecule has 1 aliphatic heterocycles. The number of amides is 3. The summed E-state index contributed by atoms with van der Waals surface area (Å²) in [5, 5.41) is 20.9. The summed E-state index contributed by atoms with van der Waals surface area (Å²) in [7, 11) is -1.59. The first-order valence-electron chi connectivity index (χ1n) is 19.3. The van der Waals surface area contributed by atoms with Crippen molar-refractivity contribution in [2.45, 2.75) is 79.0 Å². The molecule has 0 aliphatic carbocycles. The minimum absolute atomic E-state index is 0.0331. The van der Waals surface area contributed by atoms with Gasteiger partial charge in [-0.1, -0.05) is 59.7 Å². The molecule has 1 saturated heterocycles. The summed E-state index contributed by atoms with van der Waals surface area (Å²) in [6.07, 6.45) is 6.22. The number of hydrogen-bond donors (Lipinski definition) is 3. The van der Waals surface area contributed by atoms with Gasteiger partial charge in [0, 0.05) is 35.8 Å². The van der Waals surface area contributed by atoms with Crippen molar-refractivity contribution in [3.63, 3.8) is 0 Å². The van der Waals surface area contributed by atoms with E-state index in [2.05, 4.69) is 46.9 Å². The molecule has 1 atom stereocenters. The number of alkyl carbamates (subject to hydrolysis) is 1. The van der Waals surface area contributed by atoms with Gasteiger partial charge in [0.1, 0.15) is 13.2 Å². The van der Waals surface area contributed by atoms with E-state index >= 15 is 0 Å². The van der Waals surface area contributed by atoms with E-state index in [0.717, 1.165) is 29.7 Å². The molecule has 0 bridgehead atoms. The average Bonchev–Trinajstić information content (AvgIpc) is 3.38. The number of imide groups is 1. The van der Waals surface area contributed by atoms with Gasteiger partial charge >= 0.3 is 19.2 Å². The molecule has 13 nitrogen and oxygen atoms in total. The lowest BCUT2D eigenvalue weighted by Crippen LogP contribution is -2.42. The molecule has 2 aromatic rings. The molecule has 55 heavy (non-hydrogen) atoms. The smallest absolute Gasteiger partial charge is 0.460 e. The second kappa shape index (κ2) is 23.5. The van der Waals surface area contributed by atoms with E-state index in [1.807, 2.05) is 6.07 Å². The van der Waals surface area contributed by atoms with Gasteiger partial charge in [-0.25, -0.2) is 14.2 Å². The molecule has 1 fully saturated rings. The monoisotopic (exact) mass is 786 g/mol. The number of ether oxygens (including phenoxy) is 4. The highest BCUT2D eigenvalue weighted by atomic mass is 32.2. The summed E-state index contributed by atoms with van der Waals surface area (Å²) in [5.41, 5.74) is 1.60. The highest BCUT2D eigenvalue weighted by molar-refractivity contribution is 8.00. The first-order valence-corrected chi connectivity index (χ1v) is 20.4. The first-order chi connectivity index (χ1) is 26.2. The third-order valence-corrected chi connectivity index (χ3v) is 10.1. The minimum Gasteiger partial charge on any atom is -0.460 e. The van der Waals surface area contributed by atoms with Crippen LogP contribution in [0.2, 0.25) is 0 Å². The van der Waals surface area contributed by atoms with E-state index < -0.39 is 24.4 Å². The Morgan fingerprint density at radius 1 is 0.927 bits per heavy atom. The van der Waals surface area contributed by atoms with Gasteiger partial charge in [0.25, 0.3) is 0 Å². The van der Waals surface area contributed by atoms with Crippen LogP contribution in [0.5, 0.6) is 0 Å². The second-order valence-electron chi connectivity index (χ2n) is 15.5. The second-order valence-corrected chi connectivity index (χ2v) is 16.8. The maximum Gasteiger partial charge on any atom is 0.494 e. The van der Waals surface area contributed by atoms with E-state index in [1.165, 1.54) is 11.8 Å². The number of hydrogen-bond acceptors (Lipinski definition) is 11. The molecule has 0 radical (unpaired) electrons. The van der Waals surface area contributed by atoms with Gasteiger partial charge in [-0.2, -0.15) is 0 Å². The molecule has 1 aromatic heterocycles. The van der Waals surface area contributed by atoms with E-state index in [-0.39, 0.29) is 56.6 Å². The molecule has 0 saturated carbocycles. The standard InChI is InChI=1S/C40H60BN3O10S/c1-29(2)23-40(24-30(3)4,25-31(5)6)28-52-17-16-51-18-19-54-39(48)42-12-20-55-35-22-36(45)44(37(35)46)14-15-53-38(47)33-10-7-9-32(21-33)26-43-13-8-11-34(27-43)41(49)50/h7-11,13,21,27,29-31,35,49-50H,12,14-20,22-26,28H2,1-6H3/p+1. The van der Waals surface area contributed by atoms with Crippen molar-refractivity contribution in [3.05, 3.63) is 59.9 Å². The van der Waals surface area contributed by atoms with Gasteiger partial charge in [-0.15, -0.1) is 11.8 Å². The molecule has 0 spiro atoms. The number of nitrogens with zero attached hydrogens (tertiary/aromatic N) is 2. The number of esters is 1. The van der Waals surface area contributed by atoms with E-state index in [4.69, 9.17) is 18.9 Å². The molecule has 3 amide bonds. The van der Waals surface area contributed by atoms with Crippen LogP contribution in [-0.2, 0) is 35.1 Å². The Morgan fingerprint density at radius 2 is 1.60 bits per heavy atom. The Balaban J connectivity index is 1.27. The van der Waals surface area contributed by atoms with Gasteiger partial charge in [0.05, 0.1) is 43.8 Å². The van der Waals surface area contributed by atoms with Crippen molar-refractivity contribution >= 4 is 48.2 Å². The summed E-state index contributed by atoms with van der Waals surface area (Å²) in [5.74, 6) is 0.912. The molecule has 3 rings (SSSR count). The van der Waals surface area contributed by atoms with Crippen LogP contribution in [0.15, 0.2) is 48.8 Å². The molecule has 15 heteroatoms. The van der Waals surface area contributed by atoms with Crippen LogP contribution in [0.4, 0.5) is 4.79 Å². The molecule has 3 N–H and O–H groups in total. The van der Waals surface area contributed by atoms with Gasteiger partial charge in [-0.05, 0) is 54.6 Å². The molecule has 1 aromatic carbocycles. The highest BCUT2D eigenvalue weighted by Crippen LogP contribution is 2.40. The van der Waals surface area contributed by atoms with Crippen molar-refractivity contribution in [2.75, 3.05) is 58.5 Å². The number of carbonyl (C=O) groups is 4. The van der Waals surface area contributed by atoms with E-state index in [0.29, 0.717) is 60.9 Å². The molecule has 2 heterocycles. The fraction of sp³-hybridized carbons (Fsp3) is 0.625. The van der Waals surface area contributed by atoms with Gasteiger partial charge in [0.2, 0.25) is 11.8 Å². The predicted octanol–water partition coefficient (Wildman–Crippen LogP) is 3.60. The van der Waals surface area contributed by atoms with Crippen molar-refractivity contribution in [1.29, 1.82) is 0 Å². The molecule has 1 unspecified atom stereocenters. The Hall–Kier alpha value is -3.50. The average molecular weight is 787 g/mol. The van der Waals surface area contributed by atoms with Crippen molar-refractivity contribution in [1.82, 2.24) is 10.2 Å². The zero-order valence-electron chi connectivity index (χ0n) is 33.4. The van der Waals surface area contributed by atoms with Crippen LogP contribution in [-0.4, -0.2) is 110 Å². The summed E-state index contributed by atoms with van der Waals surface area (Å²) in [6, 6.07) is 10.1. The first kappa shape index (κ1) is 45.9. The fourth-order valence-electron chi connectivity index (χ4n) is 7.26. The van der Waals surface area contributed by atoms with Crippen LogP contribution in [0, 0.1) is 23.2 Å². The maximum absolute atomic E-state index is 12.9. The maximum atomic E-state index is 12.9. The summed E-state index contributed by atoms with van der Waals surface area (Å²) in [6.45, 7) is 16.0. The minimum atomic E-state index is -1.59. The number of carbonyl (C=O) groups excluding carboxylic acids is 4. The van der Waals surface area contributed by atoms with E-state index in [1.54, 1.807) is 47.3 Å². The zero-order chi connectivity index (χ0) is 40.4. The molecular weight excluding hydrogens is 725 g/mol. The van der Waals surface area contributed by atoms with E-state index in [9.17, 15) is 29.2 Å². The van der Waals surface area contributed by atoms with Crippen LogP contribution in [0.3, 0.4) is 0 Å². The quantitative estimate of drug-likeness (QED) is 0.0443. The van der Waals surface area contributed by atoms with Gasteiger partial charge < -0.3 is 34.3 Å². The largest absolute Gasteiger partial charge is 0.494 e. The van der Waals surface area contributed by atoms with Crippen molar-refractivity contribution < 1.29 is 52.7 Å². The third-order valence-electron chi connectivity index (χ3n) is 8.91. The number of rotatable bonds is 25. The van der Waals surface area contributed by atoms with Crippen LogP contribution in [0.1, 0.15) is 83.1 Å². The third kappa shape index (κ3) is 16.6. The Kier molecular flexibility index (Phi) is 19.6. The Bertz CT molecular complexity index is 1500. The summed E-state index contributed by atoms with van der Waals surface area (Å²) < 4.78 is 24.0. The highest BCUT2D eigenvalue weighted by Gasteiger charge is 2.38. The fourth-order valence-corrected chi connectivity index (χ4v) is 8.30. The molecular formula is C40H61BN3O10S+. The Labute approximate surface area is 331 Å². The number of benzene rings is 1. The normalized spacial score (nSPS) is 14.7. The number of likely N-dealkylation sites (tertiary alicyclic amines) is 1. The number of pyridine rings is 1.